The van der Waals surface area contributed by atoms with Crippen LogP contribution in [-0.4, -0.2) is 13.0 Å². The highest BCUT2D eigenvalue weighted by Gasteiger charge is 2.22. The van der Waals surface area contributed by atoms with Crippen molar-refractivity contribution in [2.75, 3.05) is 12.4 Å². The van der Waals surface area contributed by atoms with Crippen molar-refractivity contribution >= 4 is 22.6 Å². The molecule has 1 N–H and O–H groups in total. The minimum atomic E-state index is -0.428. The molecule has 29 heavy (non-hydrogen) atoms. The number of hydrogen-bond acceptors (Lipinski definition) is 4. The maximum Gasteiger partial charge on any atom is 0.263 e. The van der Waals surface area contributed by atoms with Crippen molar-refractivity contribution in [3.05, 3.63) is 69.1 Å². The lowest BCUT2D eigenvalue weighted by Gasteiger charge is -2.15. The van der Waals surface area contributed by atoms with Gasteiger partial charge in [-0.15, -0.1) is 0 Å². The molecule has 0 unspecified atom stereocenters. The quantitative estimate of drug-likeness (QED) is 0.604. The molecule has 0 radical (unpaired) electrons. The Bertz CT molecular complexity index is 1100. The average Bonchev–Trinajstić information content (AvgIpc) is 2.73. The van der Waals surface area contributed by atoms with E-state index < -0.39 is 5.91 Å². The number of nitrogens with one attached hydrogen (secondary N) is 1. The number of ether oxygens (including phenoxy) is 1. The summed E-state index contributed by atoms with van der Waals surface area (Å²) in [6, 6.07) is 10.9. The summed E-state index contributed by atoms with van der Waals surface area (Å²) < 4.78 is 11.2. The monoisotopic (exact) mass is 393 g/mol. The minimum absolute atomic E-state index is 0.0773. The number of anilines is 1. The van der Waals surface area contributed by atoms with E-state index in [0.717, 1.165) is 30.5 Å². The van der Waals surface area contributed by atoms with Crippen LogP contribution in [0.1, 0.15) is 54.4 Å². The molecule has 0 aliphatic rings. The van der Waals surface area contributed by atoms with Crippen molar-refractivity contribution in [1.29, 1.82) is 0 Å². The first-order valence-corrected chi connectivity index (χ1v) is 10.1. The molecule has 0 bridgehead atoms. The van der Waals surface area contributed by atoms with E-state index in [4.69, 9.17) is 9.15 Å². The van der Waals surface area contributed by atoms with Gasteiger partial charge in [0, 0.05) is 18.2 Å². The molecule has 152 valence electrons. The van der Waals surface area contributed by atoms with Crippen LogP contribution in [0, 0.1) is 0 Å². The van der Waals surface area contributed by atoms with Gasteiger partial charge in [0.1, 0.15) is 22.7 Å². The second kappa shape index (κ2) is 8.95. The van der Waals surface area contributed by atoms with Gasteiger partial charge in [-0.2, -0.15) is 0 Å². The molecule has 0 aliphatic heterocycles. The third kappa shape index (κ3) is 4.04. The first-order chi connectivity index (χ1) is 14.0. The molecule has 3 rings (SSSR count). The number of hydrogen-bond donors (Lipinski definition) is 1. The lowest BCUT2D eigenvalue weighted by Crippen LogP contribution is -2.24. The molecule has 0 saturated heterocycles. The molecular formula is C24H27NO4. The van der Waals surface area contributed by atoms with Crippen molar-refractivity contribution in [2.24, 2.45) is 0 Å². The van der Waals surface area contributed by atoms with E-state index in [9.17, 15) is 9.59 Å². The molecule has 2 aromatic carbocycles. The van der Waals surface area contributed by atoms with Crippen LogP contribution in [0.2, 0.25) is 0 Å². The highest BCUT2D eigenvalue weighted by molar-refractivity contribution is 6.06. The summed E-state index contributed by atoms with van der Waals surface area (Å²) in [7, 11) is 1.56. The van der Waals surface area contributed by atoms with Crippen LogP contribution in [0.5, 0.6) is 5.75 Å². The molecule has 0 spiro atoms. The molecule has 0 fully saturated rings. The third-order valence-electron chi connectivity index (χ3n) is 5.13. The Hall–Kier alpha value is -3.08. The van der Waals surface area contributed by atoms with Gasteiger partial charge in [-0.25, -0.2) is 0 Å². The van der Waals surface area contributed by atoms with E-state index in [2.05, 4.69) is 25.2 Å². The van der Waals surface area contributed by atoms with E-state index in [0.29, 0.717) is 28.9 Å². The van der Waals surface area contributed by atoms with E-state index >= 15 is 0 Å². The zero-order chi connectivity index (χ0) is 21.0. The van der Waals surface area contributed by atoms with Gasteiger partial charge in [-0.1, -0.05) is 32.9 Å². The summed E-state index contributed by atoms with van der Waals surface area (Å²) in [5, 5.41) is 3.33. The maximum absolute atomic E-state index is 13.2. The number of fused-ring (bicyclic) bond motifs is 1. The topological polar surface area (TPSA) is 68.5 Å². The Kier molecular flexibility index (Phi) is 6.37. The fourth-order valence-corrected chi connectivity index (χ4v) is 3.66. The zero-order valence-electron chi connectivity index (χ0n) is 17.4. The second-order valence-electron chi connectivity index (χ2n) is 6.95. The van der Waals surface area contributed by atoms with E-state index in [1.807, 2.05) is 19.1 Å². The van der Waals surface area contributed by atoms with Crippen molar-refractivity contribution in [3.63, 3.8) is 0 Å². The number of carbonyl (C=O) groups is 1. The Morgan fingerprint density at radius 3 is 2.55 bits per heavy atom. The predicted molar refractivity (Wildman–Crippen MR) is 116 cm³/mol. The lowest BCUT2D eigenvalue weighted by atomic mass is 10.0. The van der Waals surface area contributed by atoms with Gasteiger partial charge in [0.05, 0.1) is 12.5 Å². The molecule has 1 aromatic heterocycles. The van der Waals surface area contributed by atoms with E-state index in [1.165, 1.54) is 5.56 Å². The number of rotatable bonds is 7. The van der Waals surface area contributed by atoms with Gasteiger partial charge >= 0.3 is 0 Å². The van der Waals surface area contributed by atoms with Crippen LogP contribution in [0.4, 0.5) is 5.69 Å². The van der Waals surface area contributed by atoms with Crippen LogP contribution >= 0.6 is 0 Å². The van der Waals surface area contributed by atoms with Gasteiger partial charge < -0.3 is 14.5 Å². The van der Waals surface area contributed by atoms with Gasteiger partial charge in [0.2, 0.25) is 5.43 Å². The second-order valence-corrected chi connectivity index (χ2v) is 6.95. The van der Waals surface area contributed by atoms with Crippen molar-refractivity contribution in [3.8, 4) is 5.75 Å². The summed E-state index contributed by atoms with van der Waals surface area (Å²) in [4.78, 5) is 26.3. The predicted octanol–water partition coefficient (Wildman–Crippen LogP) is 5.13. The average molecular weight is 393 g/mol. The number of benzene rings is 2. The minimum Gasteiger partial charge on any atom is -0.497 e. The molecule has 1 heterocycles. The molecule has 1 amide bonds. The summed E-state index contributed by atoms with van der Waals surface area (Å²) >= 11 is 0. The SMILES string of the molecule is CCCc1oc2cc(OC)ccc2c(=O)c1C(=O)Nc1cccc(CC)c1CC. The molecule has 0 saturated carbocycles. The zero-order valence-corrected chi connectivity index (χ0v) is 17.4. The van der Waals surface area contributed by atoms with Crippen LogP contribution < -0.4 is 15.5 Å². The van der Waals surface area contributed by atoms with Crippen LogP contribution in [-0.2, 0) is 19.3 Å². The van der Waals surface area contributed by atoms with Crippen molar-refractivity contribution in [2.45, 2.75) is 46.5 Å². The largest absolute Gasteiger partial charge is 0.497 e. The van der Waals surface area contributed by atoms with Crippen molar-refractivity contribution < 1.29 is 13.9 Å². The van der Waals surface area contributed by atoms with Crippen LogP contribution in [0.3, 0.4) is 0 Å². The van der Waals surface area contributed by atoms with Gasteiger partial charge in [0.15, 0.2) is 0 Å². The maximum atomic E-state index is 13.2. The normalized spacial score (nSPS) is 10.9. The lowest BCUT2D eigenvalue weighted by molar-refractivity contribution is 0.102. The Balaban J connectivity index is 2.11. The molecule has 5 nitrogen and oxygen atoms in total. The van der Waals surface area contributed by atoms with E-state index in [-0.39, 0.29) is 11.0 Å². The smallest absolute Gasteiger partial charge is 0.263 e. The summed E-state index contributed by atoms with van der Waals surface area (Å²) in [5.41, 5.74) is 3.21. The Morgan fingerprint density at radius 2 is 1.90 bits per heavy atom. The first-order valence-electron chi connectivity index (χ1n) is 10.1. The molecule has 0 aliphatic carbocycles. The highest BCUT2D eigenvalue weighted by Crippen LogP contribution is 2.25. The fraction of sp³-hybridized carbons (Fsp3) is 0.333. The standard InChI is InChI=1S/C24H27NO4/c1-5-9-20-22(23(26)18-13-12-16(28-4)14-21(18)29-20)24(27)25-19-11-8-10-15(6-2)17(19)7-3/h8,10-14H,5-7,9H2,1-4H3,(H,25,27). The summed E-state index contributed by atoms with van der Waals surface area (Å²) in [6.45, 7) is 6.13. The fourth-order valence-electron chi connectivity index (χ4n) is 3.66. The molecule has 3 aromatic rings. The van der Waals surface area contributed by atoms with E-state index in [1.54, 1.807) is 25.3 Å². The molecule has 5 heteroatoms. The van der Waals surface area contributed by atoms with Gasteiger partial charge in [-0.3, -0.25) is 9.59 Å². The highest BCUT2D eigenvalue weighted by atomic mass is 16.5. The number of methoxy groups -OCH3 is 1. The number of amides is 1. The number of aryl methyl sites for hydroxylation is 2. The van der Waals surface area contributed by atoms with Crippen molar-refractivity contribution in [1.82, 2.24) is 0 Å². The first kappa shape index (κ1) is 20.6. The van der Waals surface area contributed by atoms with Gasteiger partial charge in [0.25, 0.3) is 5.91 Å². The summed E-state index contributed by atoms with van der Waals surface area (Å²) in [5.74, 6) is 0.576. The van der Waals surface area contributed by atoms with Crippen LogP contribution in [0.25, 0.3) is 11.0 Å². The third-order valence-corrected chi connectivity index (χ3v) is 5.13. The van der Waals surface area contributed by atoms with Gasteiger partial charge in [-0.05, 0) is 48.6 Å². The van der Waals surface area contributed by atoms with Crippen LogP contribution in [0.15, 0.2) is 45.6 Å². The number of carbonyl (C=O) groups excluding carboxylic acids is 1. The molecular weight excluding hydrogens is 366 g/mol. The Morgan fingerprint density at radius 1 is 1.10 bits per heavy atom. The summed E-state index contributed by atoms with van der Waals surface area (Å²) in [6.07, 6.45) is 2.94. The Labute approximate surface area is 170 Å². The molecule has 0 atom stereocenters.